The van der Waals surface area contributed by atoms with Crippen LogP contribution >= 0.6 is 0 Å². The van der Waals surface area contributed by atoms with Gasteiger partial charge >= 0.3 is 0 Å². The topological polar surface area (TPSA) is 55.8 Å². The molecule has 0 spiro atoms. The zero-order chi connectivity index (χ0) is 9.97. The Morgan fingerprint density at radius 1 is 1.29 bits per heavy atom. The third-order valence-electron chi connectivity index (χ3n) is 3.08. The standard InChI is InChI=1S/C9H17N3O2/c13-7-9(14)12-3-1-11(2-4-12)8-5-10-6-8/h8,10,13H,1-7H2. The van der Waals surface area contributed by atoms with Crippen molar-refractivity contribution in [3.8, 4) is 0 Å². The maximum Gasteiger partial charge on any atom is 0.248 e. The van der Waals surface area contributed by atoms with E-state index in [1.54, 1.807) is 4.90 Å². The van der Waals surface area contributed by atoms with E-state index >= 15 is 0 Å². The highest BCUT2D eigenvalue weighted by Gasteiger charge is 2.28. The third-order valence-corrected chi connectivity index (χ3v) is 3.08. The lowest BCUT2D eigenvalue weighted by molar-refractivity contribution is -0.136. The molecule has 2 rings (SSSR count). The van der Waals surface area contributed by atoms with E-state index in [0.29, 0.717) is 6.04 Å². The first-order valence-corrected chi connectivity index (χ1v) is 5.14. The van der Waals surface area contributed by atoms with Crippen LogP contribution < -0.4 is 5.32 Å². The lowest BCUT2D eigenvalue weighted by Crippen LogP contribution is -2.62. The summed E-state index contributed by atoms with van der Waals surface area (Å²) in [6.45, 7) is 5.20. The first-order valence-electron chi connectivity index (χ1n) is 5.14. The molecule has 2 aliphatic rings. The maximum absolute atomic E-state index is 11.2. The molecule has 2 aliphatic heterocycles. The molecule has 2 saturated heterocycles. The number of nitrogens with zero attached hydrogens (tertiary/aromatic N) is 2. The van der Waals surface area contributed by atoms with E-state index in [9.17, 15) is 4.79 Å². The van der Waals surface area contributed by atoms with Crippen LogP contribution in [0, 0.1) is 0 Å². The van der Waals surface area contributed by atoms with Crippen molar-refractivity contribution in [2.45, 2.75) is 6.04 Å². The fourth-order valence-corrected chi connectivity index (χ4v) is 1.97. The molecule has 0 aromatic carbocycles. The van der Waals surface area contributed by atoms with Crippen LogP contribution in [-0.2, 0) is 4.79 Å². The SMILES string of the molecule is O=C(CO)N1CCN(C2CNC2)CC1. The quantitative estimate of drug-likeness (QED) is 0.545. The van der Waals surface area contributed by atoms with E-state index in [0.717, 1.165) is 39.3 Å². The second-order valence-corrected chi connectivity index (χ2v) is 3.89. The normalized spacial score (nSPS) is 24.8. The number of carbonyl (C=O) groups is 1. The van der Waals surface area contributed by atoms with Gasteiger partial charge in [-0.1, -0.05) is 0 Å². The van der Waals surface area contributed by atoms with Crippen molar-refractivity contribution in [3.63, 3.8) is 0 Å². The molecule has 0 atom stereocenters. The van der Waals surface area contributed by atoms with Gasteiger partial charge < -0.3 is 15.3 Å². The summed E-state index contributed by atoms with van der Waals surface area (Å²) in [4.78, 5) is 15.3. The number of aliphatic hydroxyl groups is 1. The molecular formula is C9H17N3O2. The first-order chi connectivity index (χ1) is 6.81. The van der Waals surface area contributed by atoms with Crippen LogP contribution in [-0.4, -0.2) is 72.7 Å². The average molecular weight is 199 g/mol. The van der Waals surface area contributed by atoms with Gasteiger partial charge in [0.25, 0.3) is 0 Å². The Labute approximate surface area is 83.7 Å². The second kappa shape index (κ2) is 4.25. The molecule has 5 nitrogen and oxygen atoms in total. The molecule has 0 bridgehead atoms. The predicted octanol–water partition coefficient (Wildman–Crippen LogP) is -1.91. The van der Waals surface area contributed by atoms with E-state index in [-0.39, 0.29) is 12.5 Å². The fraction of sp³-hybridized carbons (Fsp3) is 0.889. The van der Waals surface area contributed by atoms with Gasteiger partial charge in [0.1, 0.15) is 6.61 Å². The van der Waals surface area contributed by atoms with E-state index in [1.807, 2.05) is 0 Å². The van der Waals surface area contributed by atoms with Crippen molar-refractivity contribution >= 4 is 5.91 Å². The highest BCUT2D eigenvalue weighted by Crippen LogP contribution is 2.09. The largest absolute Gasteiger partial charge is 0.387 e. The van der Waals surface area contributed by atoms with E-state index < -0.39 is 0 Å². The number of hydrogen-bond donors (Lipinski definition) is 2. The minimum Gasteiger partial charge on any atom is -0.387 e. The van der Waals surface area contributed by atoms with Gasteiger partial charge in [-0.05, 0) is 0 Å². The fourth-order valence-electron chi connectivity index (χ4n) is 1.97. The van der Waals surface area contributed by atoms with E-state index in [2.05, 4.69) is 10.2 Å². The minimum absolute atomic E-state index is 0.142. The number of hydrogen-bond acceptors (Lipinski definition) is 4. The molecule has 2 fully saturated rings. The van der Waals surface area contributed by atoms with Crippen LogP contribution in [0.15, 0.2) is 0 Å². The van der Waals surface area contributed by atoms with Gasteiger partial charge in [0.05, 0.1) is 0 Å². The molecule has 1 amide bonds. The molecule has 0 radical (unpaired) electrons. The van der Waals surface area contributed by atoms with Crippen LogP contribution in [0.25, 0.3) is 0 Å². The van der Waals surface area contributed by atoms with Gasteiger partial charge in [0.2, 0.25) is 5.91 Å². The predicted molar refractivity (Wildman–Crippen MR) is 51.9 cm³/mol. The van der Waals surface area contributed by atoms with Gasteiger partial charge in [0, 0.05) is 45.3 Å². The molecule has 14 heavy (non-hydrogen) atoms. The highest BCUT2D eigenvalue weighted by atomic mass is 16.3. The lowest BCUT2D eigenvalue weighted by Gasteiger charge is -2.43. The van der Waals surface area contributed by atoms with E-state index in [4.69, 9.17) is 5.11 Å². The molecule has 0 aromatic heterocycles. The Balaban J connectivity index is 1.76. The minimum atomic E-state index is -0.356. The Morgan fingerprint density at radius 3 is 2.36 bits per heavy atom. The zero-order valence-corrected chi connectivity index (χ0v) is 8.28. The lowest BCUT2D eigenvalue weighted by atomic mass is 10.1. The van der Waals surface area contributed by atoms with Crippen molar-refractivity contribution in [3.05, 3.63) is 0 Å². The van der Waals surface area contributed by atoms with Crippen molar-refractivity contribution in [1.82, 2.24) is 15.1 Å². The summed E-state index contributed by atoms with van der Waals surface area (Å²) in [5.74, 6) is -0.142. The van der Waals surface area contributed by atoms with Crippen LogP contribution in [0.3, 0.4) is 0 Å². The maximum atomic E-state index is 11.2. The first kappa shape index (κ1) is 9.89. The summed E-state index contributed by atoms with van der Waals surface area (Å²) in [6.07, 6.45) is 0. The van der Waals surface area contributed by atoms with Gasteiger partial charge in [-0.3, -0.25) is 9.69 Å². The zero-order valence-electron chi connectivity index (χ0n) is 8.28. The second-order valence-electron chi connectivity index (χ2n) is 3.89. The monoisotopic (exact) mass is 199 g/mol. The number of aliphatic hydroxyl groups excluding tert-OH is 1. The average Bonchev–Trinajstić information content (AvgIpc) is 2.15. The molecule has 0 aromatic rings. The number of piperazine rings is 1. The summed E-state index contributed by atoms with van der Waals surface area (Å²) in [5.41, 5.74) is 0. The van der Waals surface area contributed by atoms with E-state index in [1.165, 1.54) is 0 Å². The van der Waals surface area contributed by atoms with Crippen LogP contribution in [0.4, 0.5) is 0 Å². The molecule has 80 valence electrons. The molecule has 0 aliphatic carbocycles. The van der Waals surface area contributed by atoms with Crippen molar-refractivity contribution < 1.29 is 9.90 Å². The van der Waals surface area contributed by atoms with Crippen LogP contribution in [0.1, 0.15) is 0 Å². The number of carbonyl (C=O) groups excluding carboxylic acids is 1. The molecular weight excluding hydrogens is 182 g/mol. The molecule has 2 heterocycles. The number of nitrogens with one attached hydrogen (secondary N) is 1. The third kappa shape index (κ3) is 1.89. The van der Waals surface area contributed by atoms with Crippen LogP contribution in [0.2, 0.25) is 0 Å². The van der Waals surface area contributed by atoms with Crippen molar-refractivity contribution in [2.24, 2.45) is 0 Å². The molecule has 5 heteroatoms. The molecule has 0 unspecified atom stereocenters. The smallest absolute Gasteiger partial charge is 0.248 e. The van der Waals surface area contributed by atoms with Crippen LogP contribution in [0.5, 0.6) is 0 Å². The summed E-state index contributed by atoms with van der Waals surface area (Å²) in [7, 11) is 0. The Bertz CT molecular complexity index is 210. The number of rotatable bonds is 2. The Morgan fingerprint density at radius 2 is 1.93 bits per heavy atom. The van der Waals surface area contributed by atoms with Gasteiger partial charge in [-0.15, -0.1) is 0 Å². The Kier molecular flexibility index (Phi) is 3.00. The Hall–Kier alpha value is -0.650. The highest BCUT2D eigenvalue weighted by molar-refractivity contribution is 5.77. The summed E-state index contributed by atoms with van der Waals surface area (Å²) < 4.78 is 0. The van der Waals surface area contributed by atoms with Gasteiger partial charge in [0.15, 0.2) is 0 Å². The summed E-state index contributed by atoms with van der Waals surface area (Å²) >= 11 is 0. The van der Waals surface area contributed by atoms with Crippen molar-refractivity contribution in [1.29, 1.82) is 0 Å². The number of amides is 1. The summed E-state index contributed by atoms with van der Waals surface area (Å²) in [6, 6.07) is 0.668. The summed E-state index contributed by atoms with van der Waals surface area (Å²) in [5, 5.41) is 11.9. The molecule has 0 saturated carbocycles. The molecule has 2 N–H and O–H groups in total. The van der Waals surface area contributed by atoms with Gasteiger partial charge in [-0.25, -0.2) is 0 Å². The van der Waals surface area contributed by atoms with Crippen molar-refractivity contribution in [2.75, 3.05) is 45.9 Å². The van der Waals surface area contributed by atoms with Gasteiger partial charge in [-0.2, -0.15) is 0 Å².